The predicted octanol–water partition coefficient (Wildman–Crippen LogP) is 2.79. The summed E-state index contributed by atoms with van der Waals surface area (Å²) in [6, 6.07) is 0. The fourth-order valence-corrected chi connectivity index (χ4v) is 4.11. The van der Waals surface area contributed by atoms with E-state index in [1.54, 1.807) is 0 Å². The standard InChI is InChI=1S/C12H20ClNO2/c13-14-8-12(7-11(15)16)5-9-3-1-2-4-10(9)6-12/h9-10,14H,1-8H2,(H,15,16)/t9-,10-/m1/s1. The first kappa shape index (κ1) is 12.2. The molecule has 92 valence electrons. The van der Waals surface area contributed by atoms with Crippen molar-refractivity contribution in [3.05, 3.63) is 0 Å². The van der Waals surface area contributed by atoms with Crippen LogP contribution in [0.5, 0.6) is 0 Å². The molecule has 0 aromatic heterocycles. The van der Waals surface area contributed by atoms with Crippen molar-refractivity contribution in [3.63, 3.8) is 0 Å². The number of halogens is 1. The van der Waals surface area contributed by atoms with E-state index in [0.717, 1.165) is 24.7 Å². The van der Waals surface area contributed by atoms with Crippen LogP contribution in [0.25, 0.3) is 0 Å². The lowest BCUT2D eigenvalue weighted by Gasteiger charge is -2.26. The van der Waals surface area contributed by atoms with Gasteiger partial charge in [0.1, 0.15) is 0 Å². The molecule has 0 aromatic carbocycles. The van der Waals surface area contributed by atoms with Gasteiger partial charge in [-0.2, -0.15) is 0 Å². The summed E-state index contributed by atoms with van der Waals surface area (Å²) in [6.45, 7) is 0.633. The fourth-order valence-electron chi connectivity index (χ4n) is 3.83. The number of carboxylic acid groups (broad SMARTS) is 1. The second-order valence-electron chi connectivity index (χ2n) is 5.59. The lowest BCUT2D eigenvalue weighted by Crippen LogP contribution is -2.31. The van der Waals surface area contributed by atoms with E-state index in [9.17, 15) is 4.79 Å². The number of aliphatic carboxylic acids is 1. The van der Waals surface area contributed by atoms with Crippen LogP contribution >= 0.6 is 11.8 Å². The molecule has 2 N–H and O–H groups in total. The van der Waals surface area contributed by atoms with Crippen LogP contribution in [0, 0.1) is 17.3 Å². The minimum Gasteiger partial charge on any atom is -0.481 e. The zero-order valence-corrected chi connectivity index (χ0v) is 10.3. The van der Waals surface area contributed by atoms with E-state index in [0.29, 0.717) is 6.54 Å². The summed E-state index contributed by atoms with van der Waals surface area (Å²) in [6.07, 6.45) is 7.56. The van der Waals surface area contributed by atoms with Crippen molar-refractivity contribution in [2.75, 3.05) is 6.54 Å². The average molecular weight is 246 g/mol. The van der Waals surface area contributed by atoms with Gasteiger partial charge in [0, 0.05) is 6.54 Å². The molecule has 2 aliphatic carbocycles. The zero-order chi connectivity index (χ0) is 11.6. The minimum absolute atomic E-state index is 0.0900. The maximum absolute atomic E-state index is 11.0. The molecule has 0 radical (unpaired) electrons. The molecule has 0 heterocycles. The van der Waals surface area contributed by atoms with Gasteiger partial charge in [-0.25, -0.2) is 4.84 Å². The van der Waals surface area contributed by atoms with Crippen LogP contribution in [0.15, 0.2) is 0 Å². The highest BCUT2D eigenvalue weighted by Crippen LogP contribution is 2.52. The molecule has 3 nitrogen and oxygen atoms in total. The highest BCUT2D eigenvalue weighted by Gasteiger charge is 2.46. The first-order valence-electron chi connectivity index (χ1n) is 6.20. The second kappa shape index (κ2) is 4.92. The number of carboxylic acids is 1. The predicted molar refractivity (Wildman–Crippen MR) is 63.2 cm³/mol. The number of nitrogens with one attached hydrogen (secondary N) is 1. The van der Waals surface area contributed by atoms with Crippen LogP contribution in [0.2, 0.25) is 0 Å². The van der Waals surface area contributed by atoms with E-state index in [1.807, 2.05) is 0 Å². The van der Waals surface area contributed by atoms with Crippen molar-refractivity contribution in [1.29, 1.82) is 0 Å². The summed E-state index contributed by atoms with van der Waals surface area (Å²) in [5.74, 6) is 0.807. The molecule has 0 aromatic rings. The first-order chi connectivity index (χ1) is 7.65. The Bertz CT molecular complexity index is 256. The summed E-state index contributed by atoms with van der Waals surface area (Å²) < 4.78 is 0. The van der Waals surface area contributed by atoms with Crippen LogP contribution in [-0.2, 0) is 4.79 Å². The molecule has 2 aliphatic rings. The van der Waals surface area contributed by atoms with Crippen molar-refractivity contribution in [2.45, 2.75) is 44.9 Å². The Morgan fingerprint density at radius 1 is 1.31 bits per heavy atom. The maximum atomic E-state index is 11.0. The Morgan fingerprint density at radius 3 is 2.31 bits per heavy atom. The van der Waals surface area contributed by atoms with Gasteiger partial charge in [0.2, 0.25) is 0 Å². The Labute approximate surface area is 102 Å². The van der Waals surface area contributed by atoms with Crippen molar-refractivity contribution in [2.24, 2.45) is 17.3 Å². The van der Waals surface area contributed by atoms with Crippen molar-refractivity contribution < 1.29 is 9.90 Å². The van der Waals surface area contributed by atoms with Crippen molar-refractivity contribution in [1.82, 2.24) is 4.84 Å². The fraction of sp³-hybridized carbons (Fsp3) is 0.917. The Balaban J connectivity index is 2.06. The third-order valence-electron chi connectivity index (χ3n) is 4.42. The van der Waals surface area contributed by atoms with Crippen molar-refractivity contribution >= 4 is 17.7 Å². The van der Waals surface area contributed by atoms with Crippen LogP contribution in [-0.4, -0.2) is 17.6 Å². The summed E-state index contributed by atoms with van der Waals surface area (Å²) in [5.41, 5.74) is -0.0900. The second-order valence-corrected chi connectivity index (χ2v) is 5.86. The first-order valence-corrected chi connectivity index (χ1v) is 6.58. The van der Waals surface area contributed by atoms with Gasteiger partial charge in [-0.05, 0) is 41.9 Å². The van der Waals surface area contributed by atoms with Crippen LogP contribution in [0.3, 0.4) is 0 Å². The number of rotatable bonds is 4. The Kier molecular flexibility index (Phi) is 3.75. The van der Waals surface area contributed by atoms with E-state index in [4.69, 9.17) is 16.9 Å². The Morgan fingerprint density at radius 2 is 1.88 bits per heavy atom. The molecule has 2 saturated carbocycles. The minimum atomic E-state index is -0.689. The SMILES string of the molecule is O=C(O)CC1(CNCl)C[C@H]2CCCC[C@@H]2C1. The van der Waals surface area contributed by atoms with Crippen molar-refractivity contribution in [3.8, 4) is 0 Å². The van der Waals surface area contributed by atoms with Gasteiger partial charge in [0.05, 0.1) is 6.42 Å². The van der Waals surface area contributed by atoms with E-state index < -0.39 is 5.97 Å². The number of fused-ring (bicyclic) bond motifs is 1. The Hall–Kier alpha value is -0.280. The molecule has 2 atom stereocenters. The van der Waals surface area contributed by atoms with Gasteiger partial charge in [0.25, 0.3) is 0 Å². The van der Waals surface area contributed by atoms with Gasteiger partial charge >= 0.3 is 5.97 Å². The molecule has 0 spiro atoms. The average Bonchev–Trinajstić information content (AvgIpc) is 2.54. The third-order valence-corrected chi connectivity index (χ3v) is 4.56. The summed E-state index contributed by atoms with van der Waals surface area (Å²) in [5, 5.41) is 9.03. The number of carbonyl (C=O) groups is 1. The van der Waals surface area contributed by atoms with Gasteiger partial charge in [-0.15, -0.1) is 0 Å². The zero-order valence-electron chi connectivity index (χ0n) is 9.54. The van der Waals surface area contributed by atoms with Gasteiger partial charge in [-0.1, -0.05) is 25.7 Å². The van der Waals surface area contributed by atoms with E-state index in [1.165, 1.54) is 25.7 Å². The molecule has 2 fully saturated rings. The largest absolute Gasteiger partial charge is 0.481 e. The number of hydrogen-bond donors (Lipinski definition) is 2. The quantitative estimate of drug-likeness (QED) is 0.749. The summed E-state index contributed by atoms with van der Waals surface area (Å²) in [7, 11) is 0. The summed E-state index contributed by atoms with van der Waals surface area (Å²) in [4.78, 5) is 13.6. The van der Waals surface area contributed by atoms with Gasteiger partial charge in [0.15, 0.2) is 0 Å². The lowest BCUT2D eigenvalue weighted by molar-refractivity contribution is -0.139. The van der Waals surface area contributed by atoms with E-state index in [2.05, 4.69) is 4.84 Å². The van der Waals surface area contributed by atoms with Crippen LogP contribution in [0.4, 0.5) is 0 Å². The molecule has 0 aliphatic heterocycles. The number of hydrogen-bond acceptors (Lipinski definition) is 2. The highest BCUT2D eigenvalue weighted by atomic mass is 35.5. The molecular weight excluding hydrogens is 226 g/mol. The molecule has 0 amide bonds. The van der Waals surface area contributed by atoms with E-state index >= 15 is 0 Å². The smallest absolute Gasteiger partial charge is 0.303 e. The van der Waals surface area contributed by atoms with Crippen LogP contribution in [0.1, 0.15) is 44.9 Å². The lowest BCUT2D eigenvalue weighted by atomic mass is 9.81. The third kappa shape index (κ3) is 2.51. The van der Waals surface area contributed by atoms with Gasteiger partial charge < -0.3 is 5.11 Å². The molecule has 2 rings (SSSR count). The van der Waals surface area contributed by atoms with Crippen LogP contribution < -0.4 is 4.84 Å². The molecule has 0 unspecified atom stereocenters. The molecule has 0 bridgehead atoms. The molecule has 16 heavy (non-hydrogen) atoms. The maximum Gasteiger partial charge on any atom is 0.303 e. The molecule has 4 heteroatoms. The monoisotopic (exact) mass is 245 g/mol. The van der Waals surface area contributed by atoms with Gasteiger partial charge in [-0.3, -0.25) is 4.79 Å². The van der Waals surface area contributed by atoms with E-state index in [-0.39, 0.29) is 11.8 Å². The normalized spacial score (nSPS) is 32.3. The highest BCUT2D eigenvalue weighted by molar-refractivity contribution is 6.13. The molecule has 0 saturated heterocycles. The summed E-state index contributed by atoms with van der Waals surface area (Å²) >= 11 is 5.61. The topological polar surface area (TPSA) is 49.3 Å². The molecular formula is C12H20ClNO2.